The summed E-state index contributed by atoms with van der Waals surface area (Å²) in [6.07, 6.45) is 4.55. The number of aliphatic hydroxyl groups excluding tert-OH is 1. The number of nitrogens with one attached hydrogen (secondary N) is 2. The average molecular weight is 783 g/mol. The van der Waals surface area contributed by atoms with E-state index in [1.165, 1.54) is 10.7 Å². The molecule has 3 fully saturated rings. The molecule has 3 saturated heterocycles. The van der Waals surface area contributed by atoms with Gasteiger partial charge in [-0.25, -0.2) is 18.3 Å². The van der Waals surface area contributed by atoms with Gasteiger partial charge >= 0.3 is 0 Å². The first-order valence-electron chi connectivity index (χ1n) is 18.9. The topological polar surface area (TPSA) is 180 Å². The summed E-state index contributed by atoms with van der Waals surface area (Å²) in [4.78, 5) is 61.5. The Kier molecular flexibility index (Phi) is 9.11. The molecule has 3 aromatic heterocycles. The van der Waals surface area contributed by atoms with Crippen LogP contribution < -0.4 is 20.3 Å². The normalized spacial score (nSPS) is 21.3. The van der Waals surface area contributed by atoms with Gasteiger partial charge in [-0.05, 0) is 49.6 Å². The Morgan fingerprint density at radius 2 is 1.88 bits per heavy atom. The molecule has 9 rings (SSSR count). The molecule has 3 N–H and O–H groups in total. The Labute approximate surface area is 324 Å². The zero-order valence-electron chi connectivity index (χ0n) is 31.0. The van der Waals surface area contributed by atoms with Crippen LogP contribution in [0.1, 0.15) is 69.7 Å². The van der Waals surface area contributed by atoms with Gasteiger partial charge in [0.1, 0.15) is 24.1 Å². The standard InChI is InChI=1S/C39H40F2N10O6/c1-39(20-48(21-39)24-3-4-25-26(14-24)38(56)51(37(25)55)30-5-6-33(52)45-36(30)54)19-47-11-7-23(8-12-47)50-17-22-13-29(31(15-28(22)46-50)57-18-32(40)41)44-35(53)27-16-43-49-10-2-9-42-34(27)49/h2-4,9-10,13-17,23,30,32,36,54H,5-8,11-12,18-21H2,1H3,(H,44,53)(H,45,52). The lowest BCUT2D eigenvalue weighted by molar-refractivity contribution is -0.129. The van der Waals surface area contributed by atoms with Crippen LogP contribution in [-0.2, 0) is 4.79 Å². The van der Waals surface area contributed by atoms with E-state index < -0.39 is 43.0 Å². The second-order valence-corrected chi connectivity index (χ2v) is 15.6. The van der Waals surface area contributed by atoms with Crippen molar-refractivity contribution in [3.63, 3.8) is 0 Å². The molecule has 4 aliphatic rings. The van der Waals surface area contributed by atoms with E-state index in [0.717, 1.165) is 61.5 Å². The number of halogens is 2. The van der Waals surface area contributed by atoms with Crippen molar-refractivity contribution in [3.05, 3.63) is 77.9 Å². The molecular formula is C39H40F2N10O6. The molecule has 18 heteroatoms. The molecule has 4 amide bonds. The lowest BCUT2D eigenvalue weighted by atomic mass is 9.80. The number of piperidine rings is 2. The highest BCUT2D eigenvalue weighted by molar-refractivity contribution is 6.22. The number of rotatable bonds is 10. The minimum absolute atomic E-state index is 0.0113. The number of anilines is 2. The number of alkyl halides is 2. The summed E-state index contributed by atoms with van der Waals surface area (Å²) < 4.78 is 35.2. The van der Waals surface area contributed by atoms with Crippen LogP contribution in [0.4, 0.5) is 20.2 Å². The van der Waals surface area contributed by atoms with Crippen LogP contribution in [0.15, 0.2) is 61.2 Å². The van der Waals surface area contributed by atoms with Crippen LogP contribution in [-0.4, -0.2) is 121 Å². The van der Waals surface area contributed by atoms with Crippen LogP contribution in [0, 0.1) is 5.41 Å². The summed E-state index contributed by atoms with van der Waals surface area (Å²) in [5.41, 5.74) is 2.85. The number of nitrogens with zero attached hydrogens (tertiary/aromatic N) is 8. The quantitative estimate of drug-likeness (QED) is 0.177. The van der Waals surface area contributed by atoms with Gasteiger partial charge in [-0.1, -0.05) is 6.92 Å². The number of carbonyl (C=O) groups excluding carboxylic acids is 4. The van der Waals surface area contributed by atoms with Crippen molar-refractivity contribution in [2.75, 3.05) is 49.5 Å². The van der Waals surface area contributed by atoms with Crippen molar-refractivity contribution in [2.45, 2.75) is 57.3 Å². The average Bonchev–Trinajstić information content (AvgIpc) is 3.87. The minimum Gasteiger partial charge on any atom is -0.485 e. The third kappa shape index (κ3) is 6.81. The molecule has 0 saturated carbocycles. The third-order valence-corrected chi connectivity index (χ3v) is 11.4. The lowest BCUT2D eigenvalue weighted by Gasteiger charge is -2.52. The van der Waals surface area contributed by atoms with Crippen LogP contribution in [0.5, 0.6) is 5.75 Å². The SMILES string of the molecule is CC1(CN2CCC(n3cc4cc(NC(=O)c5cnn6cccnc56)c(OCC(F)F)cc4n3)CC2)CN(c2ccc3c(c2)C(=O)N(C2CCC(=O)NC2O)C3=O)C1. The van der Waals surface area contributed by atoms with E-state index in [1.54, 1.807) is 42.7 Å². The van der Waals surface area contributed by atoms with E-state index in [9.17, 15) is 33.1 Å². The summed E-state index contributed by atoms with van der Waals surface area (Å²) in [7, 11) is 0. The van der Waals surface area contributed by atoms with Crippen molar-refractivity contribution >= 4 is 51.6 Å². The molecule has 0 radical (unpaired) electrons. The zero-order valence-corrected chi connectivity index (χ0v) is 31.0. The molecule has 2 unspecified atom stereocenters. The van der Waals surface area contributed by atoms with Crippen LogP contribution in [0.2, 0.25) is 0 Å². The maximum atomic E-state index is 13.4. The molecule has 2 aromatic carbocycles. The number of hydrogen-bond acceptors (Lipinski definition) is 11. The van der Waals surface area contributed by atoms with Gasteiger partial charge in [0.05, 0.1) is 40.6 Å². The van der Waals surface area contributed by atoms with Crippen molar-refractivity contribution in [3.8, 4) is 5.75 Å². The Morgan fingerprint density at radius 3 is 2.65 bits per heavy atom. The molecule has 16 nitrogen and oxygen atoms in total. The number of imide groups is 1. The number of aromatic nitrogens is 5. The van der Waals surface area contributed by atoms with Crippen molar-refractivity contribution < 1.29 is 37.8 Å². The van der Waals surface area contributed by atoms with Gasteiger partial charge in [-0.3, -0.25) is 28.8 Å². The molecule has 7 heterocycles. The molecule has 2 atom stereocenters. The number of carbonyl (C=O) groups is 4. The minimum atomic E-state index is -2.71. The number of likely N-dealkylation sites (tertiary alicyclic amines) is 1. The van der Waals surface area contributed by atoms with Gasteiger partial charge in [0.15, 0.2) is 5.65 Å². The summed E-state index contributed by atoms with van der Waals surface area (Å²) in [5.74, 6) is -1.66. The van der Waals surface area contributed by atoms with Gasteiger partial charge < -0.3 is 30.3 Å². The van der Waals surface area contributed by atoms with Crippen molar-refractivity contribution in [1.82, 2.24) is 39.5 Å². The van der Waals surface area contributed by atoms with Crippen molar-refractivity contribution in [2.24, 2.45) is 5.41 Å². The van der Waals surface area contributed by atoms with E-state index in [2.05, 4.69) is 37.4 Å². The number of fused-ring (bicyclic) bond motifs is 3. The first-order chi connectivity index (χ1) is 27.4. The molecule has 0 bridgehead atoms. The first-order valence-corrected chi connectivity index (χ1v) is 18.9. The Hall–Kier alpha value is -6.01. The van der Waals surface area contributed by atoms with Gasteiger partial charge in [0.25, 0.3) is 24.1 Å². The van der Waals surface area contributed by atoms with Gasteiger partial charge in [0.2, 0.25) is 5.91 Å². The zero-order chi connectivity index (χ0) is 39.6. The monoisotopic (exact) mass is 782 g/mol. The molecule has 4 aliphatic heterocycles. The highest BCUT2D eigenvalue weighted by Gasteiger charge is 2.46. The second-order valence-electron chi connectivity index (χ2n) is 15.6. The smallest absolute Gasteiger partial charge is 0.272 e. The van der Waals surface area contributed by atoms with E-state index in [0.29, 0.717) is 22.3 Å². The fourth-order valence-electron chi connectivity index (χ4n) is 8.63. The molecular weight excluding hydrogens is 742 g/mol. The molecule has 57 heavy (non-hydrogen) atoms. The predicted molar refractivity (Wildman–Crippen MR) is 201 cm³/mol. The number of benzene rings is 2. The van der Waals surface area contributed by atoms with E-state index >= 15 is 0 Å². The predicted octanol–water partition coefficient (Wildman–Crippen LogP) is 3.33. The number of hydrogen-bond donors (Lipinski definition) is 3. The van der Waals surface area contributed by atoms with Crippen LogP contribution >= 0.6 is 0 Å². The Balaban J connectivity index is 0.824. The lowest BCUT2D eigenvalue weighted by Crippen LogP contribution is -2.60. The highest BCUT2D eigenvalue weighted by atomic mass is 19.3. The van der Waals surface area contributed by atoms with Crippen LogP contribution in [0.3, 0.4) is 0 Å². The summed E-state index contributed by atoms with van der Waals surface area (Å²) in [6.45, 7) is 5.55. The fraction of sp³-hybridized carbons (Fsp3) is 0.410. The van der Waals surface area contributed by atoms with Crippen molar-refractivity contribution in [1.29, 1.82) is 0 Å². The molecule has 296 valence electrons. The molecule has 0 spiro atoms. The largest absolute Gasteiger partial charge is 0.485 e. The van der Waals surface area contributed by atoms with E-state index in [1.807, 2.05) is 16.9 Å². The Bertz CT molecular complexity index is 2420. The molecule has 5 aromatic rings. The highest BCUT2D eigenvalue weighted by Crippen LogP contribution is 2.39. The summed E-state index contributed by atoms with van der Waals surface area (Å²) in [5, 5.41) is 25.3. The fourth-order valence-corrected chi connectivity index (χ4v) is 8.63. The third-order valence-electron chi connectivity index (χ3n) is 11.4. The van der Waals surface area contributed by atoms with Gasteiger partial charge in [-0.15, -0.1) is 0 Å². The number of amides is 4. The van der Waals surface area contributed by atoms with Gasteiger partial charge in [-0.2, -0.15) is 10.2 Å². The van der Waals surface area contributed by atoms with Crippen LogP contribution in [0.25, 0.3) is 16.6 Å². The Morgan fingerprint density at radius 1 is 1.09 bits per heavy atom. The number of ether oxygens (including phenoxy) is 1. The van der Waals surface area contributed by atoms with E-state index in [4.69, 9.17) is 9.84 Å². The maximum Gasteiger partial charge on any atom is 0.272 e. The first kappa shape index (κ1) is 36.6. The molecule has 0 aliphatic carbocycles. The van der Waals surface area contributed by atoms with E-state index in [-0.39, 0.29) is 47.2 Å². The second kappa shape index (κ2) is 14.2. The summed E-state index contributed by atoms with van der Waals surface area (Å²) in [6, 6.07) is 9.54. The summed E-state index contributed by atoms with van der Waals surface area (Å²) >= 11 is 0. The maximum absolute atomic E-state index is 13.4. The number of aliphatic hydroxyl groups is 1. The van der Waals surface area contributed by atoms with Gasteiger partial charge in [0, 0.05) is 80.3 Å².